The molecular formula is C11H9ClN2O2. The van der Waals surface area contributed by atoms with Gasteiger partial charge in [0.1, 0.15) is 0 Å². The molecule has 0 saturated heterocycles. The number of nitrogens with two attached hydrogens (primary N) is 1. The lowest BCUT2D eigenvalue weighted by Crippen LogP contribution is -2.05. The van der Waals surface area contributed by atoms with Gasteiger partial charge in [-0.25, -0.2) is 9.78 Å². The number of para-hydroxylation sites is 1. The third kappa shape index (κ3) is 1.67. The highest BCUT2D eigenvalue weighted by atomic mass is 35.5. The van der Waals surface area contributed by atoms with E-state index in [-0.39, 0.29) is 5.69 Å². The average Bonchev–Trinajstić information content (AvgIpc) is 2.29. The summed E-state index contributed by atoms with van der Waals surface area (Å²) in [6.45, 7) is 0. The van der Waals surface area contributed by atoms with E-state index in [2.05, 4.69) is 9.72 Å². The van der Waals surface area contributed by atoms with Gasteiger partial charge in [0.2, 0.25) is 0 Å². The number of benzene rings is 1. The summed E-state index contributed by atoms with van der Waals surface area (Å²) in [5.41, 5.74) is 6.92. The second kappa shape index (κ2) is 3.98. The quantitative estimate of drug-likeness (QED) is 0.772. The Morgan fingerprint density at radius 2 is 2.25 bits per heavy atom. The monoisotopic (exact) mass is 236 g/mol. The van der Waals surface area contributed by atoms with Gasteiger partial charge in [0.15, 0.2) is 5.69 Å². The number of fused-ring (bicyclic) bond motifs is 1. The Hall–Kier alpha value is -1.81. The van der Waals surface area contributed by atoms with Crippen molar-refractivity contribution in [3.05, 3.63) is 35.0 Å². The Balaban J connectivity index is 2.75. The molecule has 4 nitrogen and oxygen atoms in total. The van der Waals surface area contributed by atoms with Gasteiger partial charge >= 0.3 is 5.97 Å². The molecule has 0 aliphatic rings. The number of carbonyl (C=O) groups is 1. The molecule has 2 aromatic rings. The number of hydrogen-bond acceptors (Lipinski definition) is 4. The molecule has 0 fully saturated rings. The predicted octanol–water partition coefficient (Wildman–Crippen LogP) is 2.26. The van der Waals surface area contributed by atoms with E-state index in [1.54, 1.807) is 18.2 Å². The van der Waals surface area contributed by atoms with E-state index in [0.29, 0.717) is 16.2 Å². The van der Waals surface area contributed by atoms with Crippen LogP contribution in [0.5, 0.6) is 0 Å². The lowest BCUT2D eigenvalue weighted by Gasteiger charge is -2.05. The predicted molar refractivity (Wildman–Crippen MR) is 62.5 cm³/mol. The summed E-state index contributed by atoms with van der Waals surface area (Å²) in [5.74, 6) is -0.534. The van der Waals surface area contributed by atoms with Gasteiger partial charge in [-0.05, 0) is 12.1 Å². The zero-order valence-corrected chi connectivity index (χ0v) is 9.28. The Morgan fingerprint density at radius 3 is 2.94 bits per heavy atom. The molecule has 0 atom stereocenters. The minimum absolute atomic E-state index is 0.153. The second-order valence-corrected chi connectivity index (χ2v) is 3.63. The van der Waals surface area contributed by atoms with Gasteiger partial charge in [-0.1, -0.05) is 23.7 Å². The fraction of sp³-hybridized carbons (Fsp3) is 0.0909. The fourth-order valence-corrected chi connectivity index (χ4v) is 1.67. The van der Waals surface area contributed by atoms with E-state index in [9.17, 15) is 4.79 Å². The number of carbonyl (C=O) groups excluding carboxylic acids is 1. The van der Waals surface area contributed by atoms with Crippen LogP contribution in [0.2, 0.25) is 5.02 Å². The molecule has 1 heterocycles. The molecule has 0 amide bonds. The second-order valence-electron chi connectivity index (χ2n) is 3.22. The van der Waals surface area contributed by atoms with Crippen molar-refractivity contribution in [3.8, 4) is 0 Å². The van der Waals surface area contributed by atoms with E-state index < -0.39 is 5.97 Å². The van der Waals surface area contributed by atoms with Gasteiger partial charge in [0.05, 0.1) is 17.6 Å². The number of pyridine rings is 1. The Morgan fingerprint density at radius 1 is 1.50 bits per heavy atom. The van der Waals surface area contributed by atoms with Crippen molar-refractivity contribution >= 4 is 34.2 Å². The molecule has 1 aromatic heterocycles. The summed E-state index contributed by atoms with van der Waals surface area (Å²) in [6, 6.07) is 6.74. The number of rotatable bonds is 1. The van der Waals surface area contributed by atoms with E-state index >= 15 is 0 Å². The lowest BCUT2D eigenvalue weighted by molar-refractivity contribution is 0.0594. The van der Waals surface area contributed by atoms with Crippen LogP contribution in [0.4, 0.5) is 5.69 Å². The minimum Gasteiger partial charge on any atom is -0.464 e. The maximum atomic E-state index is 11.3. The van der Waals surface area contributed by atoms with Gasteiger partial charge in [0.25, 0.3) is 0 Å². The molecule has 0 saturated carbocycles. The molecule has 0 unspecified atom stereocenters. The maximum absolute atomic E-state index is 11.3. The zero-order valence-electron chi connectivity index (χ0n) is 8.53. The van der Waals surface area contributed by atoms with Crippen LogP contribution >= 0.6 is 11.6 Å². The number of aromatic nitrogens is 1. The number of nitrogen functional groups attached to an aromatic ring is 1. The van der Waals surface area contributed by atoms with E-state index in [1.165, 1.54) is 13.2 Å². The summed E-state index contributed by atoms with van der Waals surface area (Å²) in [7, 11) is 1.29. The van der Waals surface area contributed by atoms with Crippen molar-refractivity contribution < 1.29 is 9.53 Å². The average molecular weight is 237 g/mol. The first kappa shape index (κ1) is 10.7. The Kier molecular flexibility index (Phi) is 2.66. The number of nitrogens with zero attached hydrogens (tertiary/aromatic N) is 1. The number of anilines is 1. The minimum atomic E-state index is -0.534. The van der Waals surface area contributed by atoms with Gasteiger partial charge in [-0.3, -0.25) is 0 Å². The van der Waals surface area contributed by atoms with Crippen molar-refractivity contribution in [2.75, 3.05) is 12.8 Å². The van der Waals surface area contributed by atoms with Crippen molar-refractivity contribution in [2.24, 2.45) is 0 Å². The third-order valence-electron chi connectivity index (χ3n) is 2.22. The summed E-state index contributed by atoms with van der Waals surface area (Å²) in [4.78, 5) is 15.5. The SMILES string of the molecule is COC(=O)c1cc(N)c2cccc(Cl)c2n1. The van der Waals surface area contributed by atoms with Gasteiger partial charge in [-0.2, -0.15) is 0 Å². The third-order valence-corrected chi connectivity index (χ3v) is 2.52. The highest BCUT2D eigenvalue weighted by Crippen LogP contribution is 2.26. The van der Waals surface area contributed by atoms with Crippen LogP contribution in [0.3, 0.4) is 0 Å². The molecule has 0 radical (unpaired) electrons. The van der Waals surface area contributed by atoms with Crippen molar-refractivity contribution in [1.82, 2.24) is 4.98 Å². The van der Waals surface area contributed by atoms with Crippen molar-refractivity contribution in [3.63, 3.8) is 0 Å². The molecule has 0 bridgehead atoms. The first-order chi connectivity index (χ1) is 7.63. The van der Waals surface area contributed by atoms with E-state index in [4.69, 9.17) is 17.3 Å². The van der Waals surface area contributed by atoms with Crippen LogP contribution in [-0.4, -0.2) is 18.1 Å². The molecule has 5 heteroatoms. The Labute approximate surface area is 97.0 Å². The largest absolute Gasteiger partial charge is 0.464 e. The molecule has 16 heavy (non-hydrogen) atoms. The fourth-order valence-electron chi connectivity index (χ4n) is 1.45. The summed E-state index contributed by atoms with van der Waals surface area (Å²) in [6.07, 6.45) is 0. The van der Waals surface area contributed by atoms with Crippen molar-refractivity contribution in [2.45, 2.75) is 0 Å². The van der Waals surface area contributed by atoms with Crippen LogP contribution in [-0.2, 0) is 4.74 Å². The number of methoxy groups -OCH3 is 1. The highest BCUT2D eigenvalue weighted by Gasteiger charge is 2.12. The molecule has 0 spiro atoms. The number of halogens is 1. The first-order valence-corrected chi connectivity index (χ1v) is 4.94. The topological polar surface area (TPSA) is 65.2 Å². The highest BCUT2D eigenvalue weighted by molar-refractivity contribution is 6.35. The molecule has 2 N–H and O–H groups in total. The maximum Gasteiger partial charge on any atom is 0.356 e. The van der Waals surface area contributed by atoms with Gasteiger partial charge < -0.3 is 10.5 Å². The van der Waals surface area contributed by atoms with E-state index in [0.717, 1.165) is 5.39 Å². The molecular weight excluding hydrogens is 228 g/mol. The Bertz CT molecular complexity index is 569. The number of esters is 1. The van der Waals surface area contributed by atoms with Crippen LogP contribution in [0.25, 0.3) is 10.9 Å². The first-order valence-electron chi connectivity index (χ1n) is 4.56. The lowest BCUT2D eigenvalue weighted by atomic mass is 10.1. The van der Waals surface area contributed by atoms with Crippen LogP contribution < -0.4 is 5.73 Å². The molecule has 1 aromatic carbocycles. The smallest absolute Gasteiger partial charge is 0.356 e. The zero-order chi connectivity index (χ0) is 11.7. The standard InChI is InChI=1S/C11H9ClN2O2/c1-16-11(15)9-5-8(13)6-3-2-4-7(12)10(6)14-9/h2-5H,1H3,(H2,13,14). The number of hydrogen-bond donors (Lipinski definition) is 1. The molecule has 0 aliphatic heterocycles. The summed E-state index contributed by atoms with van der Waals surface area (Å²) in [5, 5.41) is 1.18. The number of ether oxygens (including phenoxy) is 1. The van der Waals surface area contributed by atoms with Gasteiger partial charge in [0, 0.05) is 11.1 Å². The van der Waals surface area contributed by atoms with Crippen LogP contribution in [0.1, 0.15) is 10.5 Å². The molecule has 0 aliphatic carbocycles. The summed E-state index contributed by atoms with van der Waals surface area (Å²) >= 11 is 5.98. The normalized spacial score (nSPS) is 10.4. The summed E-state index contributed by atoms with van der Waals surface area (Å²) < 4.78 is 4.58. The van der Waals surface area contributed by atoms with Crippen LogP contribution in [0, 0.1) is 0 Å². The van der Waals surface area contributed by atoms with Crippen LogP contribution in [0.15, 0.2) is 24.3 Å². The van der Waals surface area contributed by atoms with Crippen molar-refractivity contribution in [1.29, 1.82) is 0 Å². The van der Waals surface area contributed by atoms with E-state index in [1.807, 2.05) is 0 Å². The van der Waals surface area contributed by atoms with Gasteiger partial charge in [-0.15, -0.1) is 0 Å². The molecule has 2 rings (SSSR count). The molecule has 82 valence electrons.